The number of carboxylic acid groups (broad SMARTS) is 1. The molecule has 1 saturated carbocycles. The van der Waals surface area contributed by atoms with Gasteiger partial charge < -0.3 is 20.8 Å². The van der Waals surface area contributed by atoms with Crippen molar-refractivity contribution in [3.63, 3.8) is 0 Å². The fraction of sp³-hybridized carbons (Fsp3) is 0.846. The van der Waals surface area contributed by atoms with E-state index in [4.69, 9.17) is 10.2 Å². The van der Waals surface area contributed by atoms with Gasteiger partial charge >= 0.3 is 12.0 Å². The molecule has 1 atom stereocenters. The van der Waals surface area contributed by atoms with Crippen LogP contribution in [-0.2, 0) is 4.79 Å². The van der Waals surface area contributed by atoms with Gasteiger partial charge in [0.05, 0.1) is 0 Å². The molecule has 1 aliphatic carbocycles. The zero-order valence-corrected chi connectivity index (χ0v) is 11.4. The Labute approximate surface area is 113 Å². The first-order valence-corrected chi connectivity index (χ1v) is 6.91. The Morgan fingerprint density at radius 3 is 2.42 bits per heavy atom. The first-order valence-electron chi connectivity index (χ1n) is 6.91. The normalized spacial score (nSPS) is 18.8. The first-order chi connectivity index (χ1) is 9.03. The number of hydrogen-bond donors (Lipinski definition) is 4. The standard InChI is InChI=1S/C13H24N2O4/c1-2-13(6-3-4-7-13)9-14-12(19)15-10(5-8-16)11(17)18/h10,16H,2-9H2,1H3,(H,17,18)(H2,14,15,19)/t10-/m0/s1. The molecule has 0 unspecified atom stereocenters. The highest BCUT2D eigenvalue weighted by Crippen LogP contribution is 2.40. The quantitative estimate of drug-likeness (QED) is 0.557. The summed E-state index contributed by atoms with van der Waals surface area (Å²) >= 11 is 0. The van der Waals surface area contributed by atoms with Gasteiger partial charge in [0, 0.05) is 19.6 Å². The van der Waals surface area contributed by atoms with Gasteiger partial charge in [-0.15, -0.1) is 0 Å². The third-order valence-electron chi connectivity index (χ3n) is 4.06. The van der Waals surface area contributed by atoms with Gasteiger partial charge in [-0.05, 0) is 24.7 Å². The minimum absolute atomic E-state index is 0.0155. The number of carbonyl (C=O) groups is 2. The molecule has 0 aromatic rings. The van der Waals surface area contributed by atoms with Crippen LogP contribution < -0.4 is 10.6 Å². The van der Waals surface area contributed by atoms with Crippen molar-refractivity contribution in [3.05, 3.63) is 0 Å². The smallest absolute Gasteiger partial charge is 0.326 e. The van der Waals surface area contributed by atoms with E-state index in [9.17, 15) is 9.59 Å². The molecule has 0 aromatic carbocycles. The molecule has 19 heavy (non-hydrogen) atoms. The molecule has 1 rings (SSSR count). The Hall–Kier alpha value is -1.30. The van der Waals surface area contributed by atoms with E-state index in [1.54, 1.807) is 0 Å². The number of aliphatic carboxylic acids is 1. The van der Waals surface area contributed by atoms with E-state index in [-0.39, 0.29) is 18.4 Å². The predicted octanol–water partition coefficient (Wildman–Crippen LogP) is 1.09. The highest BCUT2D eigenvalue weighted by molar-refractivity contribution is 5.82. The minimum Gasteiger partial charge on any atom is -0.480 e. The molecule has 110 valence electrons. The van der Waals surface area contributed by atoms with E-state index >= 15 is 0 Å². The zero-order valence-electron chi connectivity index (χ0n) is 11.4. The molecule has 4 N–H and O–H groups in total. The number of hydrogen-bond acceptors (Lipinski definition) is 3. The monoisotopic (exact) mass is 272 g/mol. The summed E-state index contributed by atoms with van der Waals surface area (Å²) in [6.07, 6.45) is 5.65. The summed E-state index contributed by atoms with van der Waals surface area (Å²) in [6.45, 7) is 2.44. The lowest BCUT2D eigenvalue weighted by Gasteiger charge is -2.28. The maximum atomic E-state index is 11.7. The van der Waals surface area contributed by atoms with Crippen LogP contribution in [0.3, 0.4) is 0 Å². The molecule has 1 aliphatic rings. The minimum atomic E-state index is -1.13. The second-order valence-electron chi connectivity index (χ2n) is 5.29. The van der Waals surface area contributed by atoms with Crippen LogP contribution in [0, 0.1) is 5.41 Å². The lowest BCUT2D eigenvalue weighted by molar-refractivity contribution is -0.139. The van der Waals surface area contributed by atoms with Crippen LogP contribution >= 0.6 is 0 Å². The van der Waals surface area contributed by atoms with Crippen molar-refractivity contribution in [1.82, 2.24) is 10.6 Å². The fourth-order valence-electron chi connectivity index (χ4n) is 2.64. The predicted molar refractivity (Wildman–Crippen MR) is 70.9 cm³/mol. The summed E-state index contributed by atoms with van der Waals surface area (Å²) in [5, 5.41) is 22.8. The van der Waals surface area contributed by atoms with Crippen molar-refractivity contribution < 1.29 is 19.8 Å². The van der Waals surface area contributed by atoms with Gasteiger partial charge in [0.2, 0.25) is 0 Å². The largest absolute Gasteiger partial charge is 0.480 e. The third-order valence-corrected chi connectivity index (χ3v) is 4.06. The van der Waals surface area contributed by atoms with Crippen LogP contribution in [0.15, 0.2) is 0 Å². The van der Waals surface area contributed by atoms with Gasteiger partial charge in [0.15, 0.2) is 0 Å². The second-order valence-corrected chi connectivity index (χ2v) is 5.29. The van der Waals surface area contributed by atoms with E-state index in [1.165, 1.54) is 12.8 Å². The van der Waals surface area contributed by atoms with Crippen molar-refractivity contribution >= 4 is 12.0 Å². The summed E-state index contributed by atoms with van der Waals surface area (Å²) in [5.74, 6) is -1.13. The number of amides is 2. The van der Waals surface area contributed by atoms with E-state index in [0.717, 1.165) is 19.3 Å². The summed E-state index contributed by atoms with van der Waals surface area (Å²) < 4.78 is 0. The molecule has 0 spiro atoms. The number of rotatable bonds is 7. The number of urea groups is 1. The van der Waals surface area contributed by atoms with E-state index in [1.807, 2.05) is 0 Å². The van der Waals surface area contributed by atoms with E-state index < -0.39 is 18.0 Å². The Morgan fingerprint density at radius 2 is 1.95 bits per heavy atom. The molecular formula is C13H24N2O4. The van der Waals surface area contributed by atoms with Crippen LogP contribution in [0.2, 0.25) is 0 Å². The van der Waals surface area contributed by atoms with Crippen molar-refractivity contribution in [2.75, 3.05) is 13.2 Å². The molecule has 0 aromatic heterocycles. The van der Waals surface area contributed by atoms with Gasteiger partial charge in [-0.1, -0.05) is 19.8 Å². The van der Waals surface area contributed by atoms with Crippen LogP contribution in [0.4, 0.5) is 4.79 Å². The Balaban J connectivity index is 2.39. The van der Waals surface area contributed by atoms with E-state index in [2.05, 4.69) is 17.6 Å². The van der Waals surface area contributed by atoms with Crippen molar-refractivity contribution in [2.45, 2.75) is 51.5 Å². The van der Waals surface area contributed by atoms with Gasteiger partial charge in [0.1, 0.15) is 6.04 Å². The van der Waals surface area contributed by atoms with Crippen LogP contribution in [-0.4, -0.2) is 41.4 Å². The second kappa shape index (κ2) is 7.33. The average molecular weight is 272 g/mol. The lowest BCUT2D eigenvalue weighted by Crippen LogP contribution is -2.48. The summed E-state index contributed by atoms with van der Waals surface area (Å²) in [5.41, 5.74) is 0.174. The molecule has 0 bridgehead atoms. The summed E-state index contributed by atoms with van der Waals surface area (Å²) in [7, 11) is 0. The molecule has 0 aliphatic heterocycles. The van der Waals surface area contributed by atoms with Crippen molar-refractivity contribution in [2.24, 2.45) is 5.41 Å². The molecule has 1 fully saturated rings. The zero-order chi connectivity index (χ0) is 14.3. The van der Waals surface area contributed by atoms with Crippen LogP contribution in [0.1, 0.15) is 45.4 Å². The molecule has 0 radical (unpaired) electrons. The van der Waals surface area contributed by atoms with Crippen molar-refractivity contribution in [3.8, 4) is 0 Å². The number of aliphatic hydroxyl groups is 1. The summed E-state index contributed by atoms with van der Waals surface area (Å²) in [6, 6.07) is -1.51. The first kappa shape index (κ1) is 15.8. The Bertz CT molecular complexity index is 314. The lowest BCUT2D eigenvalue weighted by atomic mass is 9.83. The van der Waals surface area contributed by atoms with Gasteiger partial charge in [-0.3, -0.25) is 0 Å². The SMILES string of the molecule is CCC1(CNC(=O)N[C@@H](CCO)C(=O)O)CCCC1. The number of nitrogens with one attached hydrogen (secondary N) is 2. The Kier molecular flexibility index (Phi) is 6.08. The molecular weight excluding hydrogens is 248 g/mol. The summed E-state index contributed by atoms with van der Waals surface area (Å²) in [4.78, 5) is 22.5. The highest BCUT2D eigenvalue weighted by Gasteiger charge is 2.32. The molecule has 0 heterocycles. The van der Waals surface area contributed by atoms with Crippen molar-refractivity contribution in [1.29, 1.82) is 0 Å². The topological polar surface area (TPSA) is 98.7 Å². The molecule has 6 nitrogen and oxygen atoms in total. The van der Waals surface area contributed by atoms with Crippen LogP contribution in [0.5, 0.6) is 0 Å². The third kappa shape index (κ3) is 4.70. The average Bonchev–Trinajstić information content (AvgIpc) is 2.85. The fourth-order valence-corrected chi connectivity index (χ4v) is 2.64. The van der Waals surface area contributed by atoms with E-state index in [0.29, 0.717) is 6.54 Å². The maximum absolute atomic E-state index is 11.7. The van der Waals surface area contributed by atoms with Gasteiger partial charge in [-0.2, -0.15) is 0 Å². The Morgan fingerprint density at radius 1 is 1.32 bits per heavy atom. The van der Waals surface area contributed by atoms with Crippen LogP contribution in [0.25, 0.3) is 0 Å². The number of carbonyl (C=O) groups excluding carboxylic acids is 1. The maximum Gasteiger partial charge on any atom is 0.326 e. The van der Waals surface area contributed by atoms with Gasteiger partial charge in [-0.25, -0.2) is 9.59 Å². The molecule has 2 amide bonds. The molecule has 0 saturated heterocycles. The van der Waals surface area contributed by atoms with Gasteiger partial charge in [0.25, 0.3) is 0 Å². The highest BCUT2D eigenvalue weighted by atomic mass is 16.4. The number of carboxylic acids is 1. The number of aliphatic hydroxyl groups excluding tert-OH is 1. The molecule has 6 heteroatoms.